The minimum Gasteiger partial charge on any atom is -0.481 e. The van der Waals surface area contributed by atoms with Crippen LogP contribution in [0.25, 0.3) is 11.1 Å². The normalized spacial score (nSPS) is 19.4. The van der Waals surface area contributed by atoms with Crippen molar-refractivity contribution in [3.63, 3.8) is 0 Å². The highest BCUT2D eigenvalue weighted by Crippen LogP contribution is 2.28. The van der Waals surface area contributed by atoms with Crippen molar-refractivity contribution in [1.29, 1.82) is 0 Å². The van der Waals surface area contributed by atoms with Crippen molar-refractivity contribution in [2.45, 2.75) is 12.8 Å². The summed E-state index contributed by atoms with van der Waals surface area (Å²) in [6.45, 7) is 0. The number of aliphatic carboxylic acids is 1. The van der Waals surface area contributed by atoms with Crippen LogP contribution in [0.15, 0.2) is 60.7 Å². The first-order valence-electron chi connectivity index (χ1n) is 8.19. The molecule has 128 valence electrons. The van der Waals surface area contributed by atoms with Gasteiger partial charge in [0.25, 0.3) is 0 Å². The summed E-state index contributed by atoms with van der Waals surface area (Å²) in [6, 6.07) is 15.0. The summed E-state index contributed by atoms with van der Waals surface area (Å²) in [6.07, 6.45) is 4.54. The number of benzene rings is 2. The van der Waals surface area contributed by atoms with Gasteiger partial charge in [0, 0.05) is 11.4 Å². The van der Waals surface area contributed by atoms with Crippen LogP contribution in [0, 0.1) is 11.8 Å². The molecular weight excluding hydrogens is 316 g/mol. The van der Waals surface area contributed by atoms with Crippen LogP contribution in [0.4, 0.5) is 11.4 Å². The fourth-order valence-corrected chi connectivity index (χ4v) is 3.03. The molecule has 0 spiro atoms. The number of carboxylic acid groups (broad SMARTS) is 1. The Morgan fingerprint density at radius 2 is 1.40 bits per heavy atom. The summed E-state index contributed by atoms with van der Waals surface area (Å²) in [4.78, 5) is 23.8. The third-order valence-corrected chi connectivity index (χ3v) is 4.48. The van der Waals surface area contributed by atoms with E-state index in [1.54, 1.807) is 0 Å². The molecule has 2 aromatic rings. The number of hydrogen-bond donors (Lipinski definition) is 3. The van der Waals surface area contributed by atoms with E-state index >= 15 is 0 Å². The van der Waals surface area contributed by atoms with Gasteiger partial charge < -0.3 is 16.2 Å². The number of carbonyl (C=O) groups excluding carboxylic acids is 1. The van der Waals surface area contributed by atoms with Crippen molar-refractivity contribution in [2.75, 3.05) is 11.1 Å². The van der Waals surface area contributed by atoms with E-state index in [1.165, 1.54) is 0 Å². The van der Waals surface area contributed by atoms with Gasteiger partial charge in [0.2, 0.25) is 5.91 Å². The number of nitrogens with one attached hydrogen (secondary N) is 1. The van der Waals surface area contributed by atoms with Gasteiger partial charge in [0.15, 0.2) is 0 Å². The fraction of sp³-hybridized carbons (Fsp3) is 0.200. The monoisotopic (exact) mass is 336 g/mol. The molecule has 0 aromatic heterocycles. The number of nitrogens with two attached hydrogens (primary N) is 1. The molecular formula is C20H20N2O3. The van der Waals surface area contributed by atoms with Crippen LogP contribution in [-0.2, 0) is 9.59 Å². The Morgan fingerprint density at radius 1 is 0.880 bits per heavy atom. The number of anilines is 2. The lowest BCUT2D eigenvalue weighted by Crippen LogP contribution is -2.34. The maximum absolute atomic E-state index is 12.5. The second-order valence-corrected chi connectivity index (χ2v) is 6.18. The number of rotatable bonds is 4. The minimum absolute atomic E-state index is 0.253. The molecule has 2 aromatic carbocycles. The van der Waals surface area contributed by atoms with Gasteiger partial charge in [-0.3, -0.25) is 9.59 Å². The summed E-state index contributed by atoms with van der Waals surface area (Å²) in [7, 11) is 0. The number of carbonyl (C=O) groups is 2. The Kier molecular flexibility index (Phi) is 4.84. The maximum atomic E-state index is 12.5. The molecule has 3 rings (SSSR count). The summed E-state index contributed by atoms with van der Waals surface area (Å²) >= 11 is 0. The van der Waals surface area contributed by atoms with E-state index in [4.69, 9.17) is 5.73 Å². The molecule has 2 atom stereocenters. The van der Waals surface area contributed by atoms with Crippen molar-refractivity contribution >= 4 is 23.3 Å². The van der Waals surface area contributed by atoms with Gasteiger partial charge in [0.05, 0.1) is 11.8 Å². The molecule has 5 heteroatoms. The lowest BCUT2D eigenvalue weighted by molar-refractivity contribution is -0.146. The summed E-state index contributed by atoms with van der Waals surface area (Å²) in [5, 5.41) is 12.1. The molecule has 5 nitrogen and oxygen atoms in total. The minimum atomic E-state index is -0.928. The molecule has 2 unspecified atom stereocenters. The molecule has 25 heavy (non-hydrogen) atoms. The summed E-state index contributed by atoms with van der Waals surface area (Å²) in [5.41, 5.74) is 9.11. The molecule has 0 heterocycles. The van der Waals surface area contributed by atoms with Crippen molar-refractivity contribution in [3.05, 3.63) is 60.7 Å². The van der Waals surface area contributed by atoms with Crippen LogP contribution in [0.2, 0.25) is 0 Å². The van der Waals surface area contributed by atoms with Crippen molar-refractivity contribution in [2.24, 2.45) is 11.8 Å². The molecule has 1 aliphatic carbocycles. The van der Waals surface area contributed by atoms with Crippen LogP contribution in [0.5, 0.6) is 0 Å². The molecule has 1 amide bonds. The van der Waals surface area contributed by atoms with Crippen LogP contribution in [-0.4, -0.2) is 17.0 Å². The third kappa shape index (κ3) is 3.88. The van der Waals surface area contributed by atoms with Crippen LogP contribution in [0.3, 0.4) is 0 Å². The highest BCUT2D eigenvalue weighted by atomic mass is 16.4. The van der Waals surface area contributed by atoms with Gasteiger partial charge in [-0.1, -0.05) is 36.4 Å². The molecule has 0 radical (unpaired) electrons. The molecule has 0 saturated heterocycles. The summed E-state index contributed by atoms with van der Waals surface area (Å²) in [5.74, 6) is -2.39. The van der Waals surface area contributed by atoms with E-state index in [0.29, 0.717) is 24.2 Å². The Hall–Kier alpha value is -3.08. The van der Waals surface area contributed by atoms with Crippen LogP contribution < -0.4 is 11.1 Å². The number of carboxylic acids is 1. The Bertz CT molecular complexity index is 795. The van der Waals surface area contributed by atoms with E-state index in [0.717, 1.165) is 11.1 Å². The lowest BCUT2D eigenvalue weighted by Gasteiger charge is -2.24. The van der Waals surface area contributed by atoms with Gasteiger partial charge in [-0.05, 0) is 48.2 Å². The number of allylic oxidation sites excluding steroid dienone is 2. The van der Waals surface area contributed by atoms with Gasteiger partial charge in [0.1, 0.15) is 0 Å². The zero-order valence-electron chi connectivity index (χ0n) is 13.7. The average molecular weight is 336 g/mol. The average Bonchev–Trinajstić information content (AvgIpc) is 2.63. The molecule has 0 bridgehead atoms. The van der Waals surface area contributed by atoms with E-state index in [2.05, 4.69) is 5.32 Å². The third-order valence-electron chi connectivity index (χ3n) is 4.48. The first-order chi connectivity index (χ1) is 12.0. The van der Waals surface area contributed by atoms with E-state index < -0.39 is 17.8 Å². The first kappa shape index (κ1) is 16.8. The van der Waals surface area contributed by atoms with E-state index in [1.807, 2.05) is 60.7 Å². The Morgan fingerprint density at radius 3 is 1.96 bits per heavy atom. The summed E-state index contributed by atoms with van der Waals surface area (Å²) < 4.78 is 0. The lowest BCUT2D eigenvalue weighted by atomic mass is 9.82. The largest absolute Gasteiger partial charge is 0.481 e. The topological polar surface area (TPSA) is 92.4 Å². The molecule has 0 saturated carbocycles. The Balaban J connectivity index is 1.70. The molecule has 0 fully saturated rings. The van der Waals surface area contributed by atoms with Crippen molar-refractivity contribution < 1.29 is 14.7 Å². The van der Waals surface area contributed by atoms with Gasteiger partial charge >= 0.3 is 5.97 Å². The zero-order chi connectivity index (χ0) is 17.8. The van der Waals surface area contributed by atoms with Crippen molar-refractivity contribution in [3.8, 4) is 11.1 Å². The first-order valence-corrected chi connectivity index (χ1v) is 8.19. The maximum Gasteiger partial charge on any atom is 0.307 e. The van der Waals surface area contributed by atoms with Crippen LogP contribution in [0.1, 0.15) is 12.8 Å². The van der Waals surface area contributed by atoms with Gasteiger partial charge in [-0.15, -0.1) is 0 Å². The SMILES string of the molecule is Nc1ccc(-c2ccc(NC(=O)C3CC=CCC3C(=O)O)cc2)cc1. The van der Waals surface area contributed by atoms with Gasteiger partial charge in [-0.2, -0.15) is 0 Å². The number of amides is 1. The smallest absolute Gasteiger partial charge is 0.307 e. The number of nitrogen functional groups attached to an aromatic ring is 1. The Labute approximate surface area is 146 Å². The molecule has 1 aliphatic rings. The van der Waals surface area contributed by atoms with Gasteiger partial charge in [-0.25, -0.2) is 0 Å². The predicted octanol–water partition coefficient (Wildman–Crippen LogP) is 3.54. The zero-order valence-corrected chi connectivity index (χ0v) is 13.7. The highest BCUT2D eigenvalue weighted by Gasteiger charge is 2.33. The standard InChI is InChI=1S/C20H20N2O3/c21-15-9-5-13(6-10-15)14-7-11-16(12-8-14)22-19(23)17-3-1-2-4-18(17)20(24)25/h1-2,5-12,17-18H,3-4,21H2,(H,22,23)(H,24,25). The van der Waals surface area contributed by atoms with E-state index in [-0.39, 0.29) is 5.91 Å². The fourth-order valence-electron chi connectivity index (χ4n) is 3.03. The second-order valence-electron chi connectivity index (χ2n) is 6.18. The quantitative estimate of drug-likeness (QED) is 0.588. The highest BCUT2D eigenvalue weighted by molar-refractivity contribution is 5.95. The molecule has 4 N–H and O–H groups in total. The molecule has 0 aliphatic heterocycles. The van der Waals surface area contributed by atoms with E-state index in [9.17, 15) is 14.7 Å². The predicted molar refractivity (Wildman–Crippen MR) is 97.9 cm³/mol. The van der Waals surface area contributed by atoms with Crippen molar-refractivity contribution in [1.82, 2.24) is 0 Å². The number of hydrogen-bond acceptors (Lipinski definition) is 3. The van der Waals surface area contributed by atoms with Crippen LogP contribution >= 0.6 is 0 Å². The second kappa shape index (κ2) is 7.21.